The van der Waals surface area contributed by atoms with Crippen molar-refractivity contribution in [3.05, 3.63) is 95.6 Å². The summed E-state index contributed by atoms with van der Waals surface area (Å²) in [6.07, 6.45) is 0.774. The molecule has 4 rings (SSSR count). The molecule has 0 spiro atoms. The van der Waals surface area contributed by atoms with Gasteiger partial charge in [-0.15, -0.1) is 0 Å². The third-order valence-corrected chi connectivity index (χ3v) is 5.35. The van der Waals surface area contributed by atoms with Crippen LogP contribution in [0, 0.1) is 0 Å². The molecular weight excluding hydrogens is 406 g/mol. The van der Waals surface area contributed by atoms with E-state index in [4.69, 9.17) is 4.74 Å². The zero-order chi connectivity index (χ0) is 22.5. The van der Waals surface area contributed by atoms with E-state index in [1.807, 2.05) is 54.6 Å². The predicted octanol–water partition coefficient (Wildman–Crippen LogP) is 3.93. The van der Waals surface area contributed by atoms with Crippen LogP contribution in [0.4, 0.5) is 16.2 Å². The van der Waals surface area contributed by atoms with Gasteiger partial charge in [0.15, 0.2) is 0 Å². The first-order valence-corrected chi connectivity index (χ1v) is 10.3. The number of nitrogens with one attached hydrogen (secondary N) is 2. The zero-order valence-corrected chi connectivity index (χ0v) is 17.6. The first-order valence-electron chi connectivity index (χ1n) is 10.3. The van der Waals surface area contributed by atoms with E-state index in [2.05, 4.69) is 10.6 Å². The maximum absolute atomic E-state index is 13.5. The van der Waals surface area contributed by atoms with Crippen molar-refractivity contribution in [2.24, 2.45) is 0 Å². The Morgan fingerprint density at radius 2 is 1.69 bits per heavy atom. The third-order valence-electron chi connectivity index (χ3n) is 5.35. The molecule has 7 heteroatoms. The minimum absolute atomic E-state index is 0.209. The summed E-state index contributed by atoms with van der Waals surface area (Å²) in [5.41, 5.74) is 3.38. The van der Waals surface area contributed by atoms with Crippen molar-refractivity contribution < 1.29 is 19.1 Å². The Hall–Kier alpha value is -4.13. The Morgan fingerprint density at radius 1 is 0.938 bits per heavy atom. The Kier molecular flexibility index (Phi) is 6.17. The van der Waals surface area contributed by atoms with E-state index in [1.165, 1.54) is 13.2 Å². The minimum atomic E-state index is -0.869. The Bertz CT molecular complexity index is 1150. The molecule has 1 atom stereocenters. The zero-order valence-electron chi connectivity index (χ0n) is 17.6. The largest absolute Gasteiger partial charge is 0.465 e. The molecule has 162 valence electrons. The van der Waals surface area contributed by atoms with Gasteiger partial charge in [-0.2, -0.15) is 0 Å². The van der Waals surface area contributed by atoms with Gasteiger partial charge in [0.05, 0.1) is 12.7 Å². The van der Waals surface area contributed by atoms with Gasteiger partial charge in [0.1, 0.15) is 6.04 Å². The normalized spacial score (nSPS) is 13.1. The van der Waals surface area contributed by atoms with Gasteiger partial charge in [-0.05, 0) is 41.8 Å². The van der Waals surface area contributed by atoms with Crippen molar-refractivity contribution in [2.75, 3.05) is 23.9 Å². The molecule has 32 heavy (non-hydrogen) atoms. The Morgan fingerprint density at radius 3 is 2.47 bits per heavy atom. The Balaban J connectivity index is 1.55. The second-order valence-corrected chi connectivity index (χ2v) is 7.38. The van der Waals surface area contributed by atoms with Crippen molar-refractivity contribution in [3.8, 4) is 0 Å². The van der Waals surface area contributed by atoms with Crippen LogP contribution in [0.1, 0.15) is 27.5 Å². The summed E-state index contributed by atoms with van der Waals surface area (Å²) in [6, 6.07) is 21.9. The number of urea groups is 1. The van der Waals surface area contributed by atoms with E-state index < -0.39 is 18.0 Å². The van der Waals surface area contributed by atoms with E-state index >= 15 is 0 Å². The van der Waals surface area contributed by atoms with Crippen LogP contribution in [0.25, 0.3) is 0 Å². The average Bonchev–Trinajstić information content (AvgIpc) is 3.26. The van der Waals surface area contributed by atoms with Gasteiger partial charge in [-0.25, -0.2) is 9.59 Å². The minimum Gasteiger partial charge on any atom is -0.465 e. The molecule has 3 aromatic carbocycles. The number of esters is 1. The Labute approximate surface area is 186 Å². The summed E-state index contributed by atoms with van der Waals surface area (Å²) in [6.45, 7) is 0.561. The van der Waals surface area contributed by atoms with Crippen molar-refractivity contribution >= 4 is 29.3 Å². The number of para-hydroxylation sites is 1. The lowest BCUT2D eigenvalue weighted by Crippen LogP contribution is -2.43. The molecule has 1 aliphatic heterocycles. The maximum Gasteiger partial charge on any atom is 0.337 e. The van der Waals surface area contributed by atoms with Crippen molar-refractivity contribution in [1.82, 2.24) is 5.32 Å². The van der Waals surface area contributed by atoms with Gasteiger partial charge in [0, 0.05) is 17.9 Å². The van der Waals surface area contributed by atoms with Gasteiger partial charge >= 0.3 is 12.0 Å². The molecule has 7 nitrogen and oxygen atoms in total. The third kappa shape index (κ3) is 4.46. The SMILES string of the molecule is COC(=O)c1cccc(NC(=O)N[C@@H](C(=O)N2CCc3ccccc32)c2ccccc2)c1. The van der Waals surface area contributed by atoms with E-state index in [9.17, 15) is 14.4 Å². The highest BCUT2D eigenvalue weighted by atomic mass is 16.5. The number of fused-ring (bicyclic) bond motifs is 1. The summed E-state index contributed by atoms with van der Waals surface area (Å²) >= 11 is 0. The van der Waals surface area contributed by atoms with Gasteiger partial charge in [0.25, 0.3) is 5.91 Å². The molecule has 0 aromatic heterocycles. The lowest BCUT2D eigenvalue weighted by molar-refractivity contribution is -0.120. The fourth-order valence-corrected chi connectivity index (χ4v) is 3.80. The number of amides is 3. The summed E-state index contributed by atoms with van der Waals surface area (Å²) in [4.78, 5) is 39.8. The van der Waals surface area contributed by atoms with Crippen LogP contribution in [0.5, 0.6) is 0 Å². The van der Waals surface area contributed by atoms with E-state index in [0.717, 1.165) is 17.7 Å². The van der Waals surface area contributed by atoms with Crippen LogP contribution in [0.2, 0.25) is 0 Å². The number of nitrogens with zero attached hydrogens (tertiary/aromatic N) is 1. The average molecular weight is 429 g/mol. The molecule has 0 fully saturated rings. The van der Waals surface area contributed by atoms with Crippen LogP contribution in [-0.2, 0) is 16.0 Å². The first-order chi connectivity index (χ1) is 15.6. The molecule has 0 saturated heterocycles. The summed E-state index contributed by atoms with van der Waals surface area (Å²) in [7, 11) is 1.29. The second kappa shape index (κ2) is 9.34. The number of hydrogen-bond donors (Lipinski definition) is 2. The maximum atomic E-state index is 13.5. The molecule has 0 saturated carbocycles. The van der Waals surface area contributed by atoms with E-state index in [-0.39, 0.29) is 5.91 Å². The fourth-order valence-electron chi connectivity index (χ4n) is 3.80. The molecule has 2 N–H and O–H groups in total. The quantitative estimate of drug-likeness (QED) is 0.602. The predicted molar refractivity (Wildman–Crippen MR) is 122 cm³/mol. The highest BCUT2D eigenvalue weighted by molar-refractivity contribution is 6.02. The summed E-state index contributed by atoms with van der Waals surface area (Å²) in [5.74, 6) is -0.710. The smallest absolute Gasteiger partial charge is 0.337 e. The van der Waals surface area contributed by atoms with Crippen molar-refractivity contribution in [1.29, 1.82) is 0 Å². The van der Waals surface area contributed by atoms with E-state index in [1.54, 1.807) is 23.1 Å². The lowest BCUT2D eigenvalue weighted by Gasteiger charge is -2.25. The number of carbonyl (C=O) groups is 3. The molecular formula is C25H23N3O4. The van der Waals surface area contributed by atoms with Gasteiger partial charge in [-0.1, -0.05) is 54.6 Å². The molecule has 0 aliphatic carbocycles. The van der Waals surface area contributed by atoms with Gasteiger partial charge in [0.2, 0.25) is 0 Å². The van der Waals surface area contributed by atoms with Crippen LogP contribution >= 0.6 is 0 Å². The number of methoxy groups -OCH3 is 1. The van der Waals surface area contributed by atoms with Crippen LogP contribution in [-0.4, -0.2) is 31.6 Å². The van der Waals surface area contributed by atoms with Gasteiger partial charge in [-0.3, -0.25) is 4.79 Å². The number of ether oxygens (including phenoxy) is 1. The van der Waals surface area contributed by atoms with Crippen LogP contribution in [0.15, 0.2) is 78.9 Å². The van der Waals surface area contributed by atoms with Crippen LogP contribution < -0.4 is 15.5 Å². The number of rotatable bonds is 5. The first kappa shape index (κ1) is 21.1. The number of anilines is 2. The molecule has 1 aliphatic rings. The topological polar surface area (TPSA) is 87.7 Å². The highest BCUT2D eigenvalue weighted by Crippen LogP contribution is 2.30. The van der Waals surface area contributed by atoms with E-state index in [0.29, 0.717) is 23.4 Å². The number of benzene rings is 3. The molecule has 0 unspecified atom stereocenters. The molecule has 3 amide bonds. The summed E-state index contributed by atoms with van der Waals surface area (Å²) < 4.78 is 4.72. The lowest BCUT2D eigenvalue weighted by atomic mass is 10.1. The molecule has 1 heterocycles. The number of carbonyl (C=O) groups excluding carboxylic acids is 3. The van der Waals surface area contributed by atoms with Crippen LogP contribution in [0.3, 0.4) is 0 Å². The molecule has 0 radical (unpaired) electrons. The fraction of sp³-hybridized carbons (Fsp3) is 0.160. The molecule has 3 aromatic rings. The monoisotopic (exact) mass is 429 g/mol. The van der Waals surface area contributed by atoms with Crippen molar-refractivity contribution in [3.63, 3.8) is 0 Å². The number of hydrogen-bond acceptors (Lipinski definition) is 4. The molecule has 0 bridgehead atoms. The summed E-state index contributed by atoms with van der Waals surface area (Å²) in [5, 5.41) is 5.49. The van der Waals surface area contributed by atoms with Crippen molar-refractivity contribution in [2.45, 2.75) is 12.5 Å². The highest BCUT2D eigenvalue weighted by Gasteiger charge is 2.32. The second-order valence-electron chi connectivity index (χ2n) is 7.38. The standard InChI is InChI=1S/C25H23N3O4/c1-32-24(30)19-11-7-12-20(16-19)26-25(31)27-22(18-9-3-2-4-10-18)23(29)28-15-14-17-8-5-6-13-21(17)28/h2-13,16,22H,14-15H2,1H3,(H2,26,27,31)/t22-/m1/s1. The van der Waals surface area contributed by atoms with Gasteiger partial charge < -0.3 is 20.3 Å².